The molecule has 6 aromatic carbocycles. The zero-order valence-electron chi connectivity index (χ0n) is 40.3. The van der Waals surface area contributed by atoms with E-state index < -0.39 is 13.3 Å². The van der Waals surface area contributed by atoms with Crippen LogP contribution in [0.15, 0.2) is 128 Å². The van der Waals surface area contributed by atoms with Crippen LogP contribution in [-0.4, -0.2) is 32.8 Å². The van der Waals surface area contributed by atoms with Crippen molar-refractivity contribution in [1.82, 2.24) is 19.5 Å². The maximum Gasteiger partial charge on any atom is 0.114 e. The molecule has 4 nitrogen and oxygen atoms in total. The Morgan fingerprint density at radius 3 is 2.16 bits per heavy atom. The molecule has 0 bridgehead atoms. The van der Waals surface area contributed by atoms with Gasteiger partial charge in [-0.1, -0.05) is 105 Å². The molecule has 0 aliphatic heterocycles. The van der Waals surface area contributed by atoms with Crippen LogP contribution in [-0.2, 0) is 31.9 Å². The number of pyridine rings is 2. The number of nitrogens with zero attached hydrogens (tertiary/aromatic N) is 4. The van der Waals surface area contributed by atoms with Crippen LogP contribution in [0, 0.1) is 44.6 Å². The van der Waals surface area contributed by atoms with Gasteiger partial charge >= 0.3 is 130 Å². The second-order valence-electron chi connectivity index (χ2n) is 20.2. The van der Waals surface area contributed by atoms with Crippen LogP contribution in [0.2, 0.25) is 17.3 Å². The third kappa shape index (κ3) is 9.46. The Kier molecular flexibility index (Phi) is 13.7. The van der Waals surface area contributed by atoms with E-state index in [1.165, 1.54) is 70.1 Å². The summed E-state index contributed by atoms with van der Waals surface area (Å²) in [6, 6.07) is 48.5. The first-order chi connectivity index (χ1) is 31.5. The van der Waals surface area contributed by atoms with Crippen LogP contribution in [0.1, 0.15) is 62.4 Å². The Hall–Kier alpha value is -5.31. The fraction of sp³-hybridized carbons (Fsp3) is 0.237. The minimum absolute atomic E-state index is 0. The molecule has 67 heavy (non-hydrogen) atoms. The number of hydrogen-bond acceptors (Lipinski definition) is 4. The normalized spacial score (nSPS) is 12.0. The molecule has 0 fully saturated rings. The Morgan fingerprint density at radius 1 is 0.746 bits per heavy atom. The van der Waals surface area contributed by atoms with E-state index in [9.17, 15) is 4.39 Å². The van der Waals surface area contributed by atoms with Crippen molar-refractivity contribution in [2.45, 2.75) is 84.5 Å². The number of benzene rings is 6. The van der Waals surface area contributed by atoms with E-state index in [1.807, 2.05) is 6.20 Å². The Balaban J connectivity index is 0.000000234. The number of halogens is 1. The zero-order chi connectivity index (χ0) is 46.7. The summed E-state index contributed by atoms with van der Waals surface area (Å²) in [6.45, 7) is 17.7. The fourth-order valence-electron chi connectivity index (χ4n) is 9.29. The molecule has 4 heterocycles. The fourth-order valence-corrected chi connectivity index (χ4v) is 13.9. The van der Waals surface area contributed by atoms with E-state index in [-0.39, 0.29) is 31.3 Å². The Labute approximate surface area is 415 Å². The van der Waals surface area contributed by atoms with E-state index in [0.717, 1.165) is 45.1 Å². The smallest absolute Gasteiger partial charge is 0.114 e. The van der Waals surface area contributed by atoms with Gasteiger partial charge in [0.25, 0.3) is 0 Å². The van der Waals surface area contributed by atoms with Crippen LogP contribution in [0.25, 0.3) is 81.7 Å². The number of thiophene rings is 1. The molecule has 0 amide bonds. The summed E-state index contributed by atoms with van der Waals surface area (Å²) in [4.78, 5) is 16.1. The Bertz CT molecular complexity index is 3430. The van der Waals surface area contributed by atoms with Crippen molar-refractivity contribution in [1.29, 1.82) is 0 Å². The first kappa shape index (κ1) is 48.2. The first-order valence-electron chi connectivity index (χ1n) is 23.0. The average Bonchev–Trinajstić information content (AvgIpc) is 3.86. The molecular weight excluding hydrogens is 1080 g/mol. The summed E-state index contributed by atoms with van der Waals surface area (Å²) < 4.78 is 18.9. The van der Waals surface area contributed by atoms with Gasteiger partial charge in [0.2, 0.25) is 0 Å². The van der Waals surface area contributed by atoms with Gasteiger partial charge in [0, 0.05) is 42.1 Å². The number of rotatable bonds is 7. The van der Waals surface area contributed by atoms with Crippen molar-refractivity contribution in [3.8, 4) is 39.6 Å². The Morgan fingerprint density at radius 2 is 1.48 bits per heavy atom. The van der Waals surface area contributed by atoms with E-state index in [1.54, 1.807) is 23.5 Å². The molecule has 0 unspecified atom stereocenters. The second-order valence-corrected chi connectivity index (χ2v) is 31.7. The number of hydrogen-bond donors (Lipinski definition) is 0. The van der Waals surface area contributed by atoms with E-state index >= 15 is 0 Å². The molecule has 1 radical (unpaired) electrons. The molecule has 0 atom stereocenters. The van der Waals surface area contributed by atoms with Gasteiger partial charge in [-0.2, -0.15) is 11.3 Å². The monoisotopic (exact) mass is 1140 g/mol. The standard InChI is InChI=1S/C41H34N3S.C18H23FGeN.Ir/c1-24-10-9-11-25(2)35(24)33-23-21-31-36-26(3)14-20-32(38(36)45-40(31)43-33)39-42-34-22-15-27-12-7-8-13-30(27)37(34)44(39)29-18-16-28(17-19-29)41(4,5)6;1-13(2)10-14-11-18(15-8-6-7-9-16(15)19)21-12-17(14)20(3,4)5;/h7-19,21-23H,1-6H3;6-7,9,11-13H,10H2,1-5H3;/q2*-1;. The summed E-state index contributed by atoms with van der Waals surface area (Å²) in [6.07, 6.45) is 3.00. The van der Waals surface area contributed by atoms with Crippen molar-refractivity contribution < 1.29 is 24.5 Å². The second kappa shape index (κ2) is 19.0. The van der Waals surface area contributed by atoms with Gasteiger partial charge in [-0.3, -0.25) is 4.98 Å². The SMILES string of the molecule is CC(C)Cc1cc(-c2[c-]cccc2F)nc[c]1[Ge]([CH3])([CH3])[CH3].Cc1cccc(C)c1-c1ccc2c(n1)sc1c(-c3nc4ccc5ccccc5c4n3-c3ccc(C(C)(C)C)cc3)[c-]cc(C)c12.[Ir]. The molecule has 0 saturated heterocycles. The molecule has 4 aromatic heterocycles. The summed E-state index contributed by atoms with van der Waals surface area (Å²) in [7, 11) is 0. The average molecular weight is 1140 g/mol. The maximum absolute atomic E-state index is 13.9. The van der Waals surface area contributed by atoms with Crippen molar-refractivity contribution in [3.05, 3.63) is 173 Å². The molecule has 0 spiro atoms. The quantitative estimate of drug-likeness (QED) is 0.118. The van der Waals surface area contributed by atoms with Crippen molar-refractivity contribution in [3.63, 3.8) is 0 Å². The van der Waals surface area contributed by atoms with Gasteiger partial charge < -0.3 is 4.57 Å². The van der Waals surface area contributed by atoms with Gasteiger partial charge in [-0.25, -0.2) is 4.98 Å². The van der Waals surface area contributed by atoms with Crippen LogP contribution >= 0.6 is 11.3 Å². The van der Waals surface area contributed by atoms with E-state index in [0.29, 0.717) is 17.2 Å². The van der Waals surface area contributed by atoms with Crippen LogP contribution < -0.4 is 4.40 Å². The molecule has 0 aliphatic rings. The topological polar surface area (TPSA) is 43.6 Å². The zero-order valence-corrected chi connectivity index (χ0v) is 45.6. The van der Waals surface area contributed by atoms with Gasteiger partial charge in [0.15, 0.2) is 0 Å². The minimum atomic E-state index is -1.97. The number of aromatic nitrogens is 4. The van der Waals surface area contributed by atoms with Crippen LogP contribution in [0.5, 0.6) is 0 Å². The molecular formula is C59H57FGeIrN4S-2. The maximum atomic E-state index is 13.9. The van der Waals surface area contributed by atoms with Crippen LogP contribution in [0.3, 0.4) is 0 Å². The largest absolute Gasteiger partial charge is 0.333 e. The van der Waals surface area contributed by atoms with Gasteiger partial charge in [0.05, 0.1) is 22.6 Å². The summed E-state index contributed by atoms with van der Waals surface area (Å²) >= 11 is -0.223. The predicted octanol–water partition coefficient (Wildman–Crippen LogP) is 15.7. The number of aryl methyl sites for hydroxylation is 3. The van der Waals surface area contributed by atoms with Crippen LogP contribution in [0.4, 0.5) is 4.39 Å². The predicted molar refractivity (Wildman–Crippen MR) is 282 cm³/mol. The first-order valence-corrected chi connectivity index (χ1v) is 31.1. The summed E-state index contributed by atoms with van der Waals surface area (Å²) in [5.41, 5.74) is 14.0. The third-order valence-corrected chi connectivity index (χ3v) is 18.0. The number of fused-ring (bicyclic) bond motifs is 6. The van der Waals surface area contributed by atoms with Crippen molar-refractivity contribution in [2.24, 2.45) is 5.92 Å². The van der Waals surface area contributed by atoms with Crippen molar-refractivity contribution in [2.75, 3.05) is 0 Å². The summed E-state index contributed by atoms with van der Waals surface area (Å²) in [5, 5.41) is 4.80. The molecule has 8 heteroatoms. The molecule has 0 N–H and O–H groups in total. The van der Waals surface area contributed by atoms with Gasteiger partial charge in [-0.15, -0.1) is 17.7 Å². The van der Waals surface area contributed by atoms with Crippen molar-refractivity contribution >= 4 is 71.1 Å². The van der Waals surface area contributed by atoms with E-state index in [2.05, 4.69) is 197 Å². The van der Waals surface area contributed by atoms with Gasteiger partial charge in [-0.05, 0) is 70.3 Å². The minimum Gasteiger partial charge on any atom is -0.333 e. The number of imidazole rings is 1. The molecule has 0 aliphatic carbocycles. The third-order valence-electron chi connectivity index (χ3n) is 12.6. The molecule has 10 rings (SSSR count). The molecule has 0 saturated carbocycles. The molecule has 10 aromatic rings. The summed E-state index contributed by atoms with van der Waals surface area (Å²) in [5.74, 6) is 8.33. The molecule has 341 valence electrons. The van der Waals surface area contributed by atoms with Gasteiger partial charge in [0.1, 0.15) is 4.83 Å². The van der Waals surface area contributed by atoms with E-state index in [4.69, 9.17) is 9.97 Å².